The van der Waals surface area contributed by atoms with Crippen molar-refractivity contribution in [1.29, 1.82) is 0 Å². The molecular weight excluding hydrogens is 582 g/mol. The number of hydrogen-bond acceptors (Lipinski definition) is 6. The first kappa shape index (κ1) is 27.4. The van der Waals surface area contributed by atoms with Crippen molar-refractivity contribution in [1.82, 2.24) is 19.8 Å². The van der Waals surface area contributed by atoms with E-state index < -0.39 is 6.03 Å². The zero-order valence-electron chi connectivity index (χ0n) is 22.0. The Morgan fingerprint density at radius 1 is 1.15 bits per heavy atom. The maximum Gasteiger partial charge on any atom is 0.322 e. The fourth-order valence-electron chi connectivity index (χ4n) is 5.27. The second kappa shape index (κ2) is 11.5. The summed E-state index contributed by atoms with van der Waals surface area (Å²) in [7, 11) is 1.62. The highest BCUT2D eigenvalue weighted by molar-refractivity contribution is 9.10. The molecule has 1 aromatic heterocycles. The molecule has 0 radical (unpaired) electrons. The molecule has 210 valence electrons. The third-order valence-corrected chi connectivity index (χ3v) is 7.97. The highest BCUT2D eigenvalue weighted by atomic mass is 79.9. The van der Waals surface area contributed by atoms with Crippen molar-refractivity contribution in [3.8, 4) is 5.75 Å². The molecule has 0 spiro atoms. The number of anilines is 2. The van der Waals surface area contributed by atoms with Crippen molar-refractivity contribution in [2.24, 2.45) is 5.73 Å². The van der Waals surface area contributed by atoms with E-state index in [-0.39, 0.29) is 42.6 Å². The van der Waals surface area contributed by atoms with E-state index >= 15 is 0 Å². The van der Waals surface area contributed by atoms with Gasteiger partial charge in [0.05, 0.1) is 12.6 Å². The van der Waals surface area contributed by atoms with Crippen LogP contribution in [0.25, 0.3) is 11.0 Å². The number of carbonyl (C=O) groups is 4. The number of ether oxygens (including phenoxy) is 1. The number of nitrogens with one attached hydrogen (secondary N) is 3. The van der Waals surface area contributed by atoms with E-state index in [2.05, 4.69) is 36.5 Å². The number of amides is 5. The molecule has 2 aliphatic heterocycles. The number of ketones is 1. The molecule has 1 fully saturated rings. The van der Waals surface area contributed by atoms with Gasteiger partial charge in [0.1, 0.15) is 11.3 Å². The Morgan fingerprint density at radius 3 is 2.65 bits per heavy atom. The van der Waals surface area contributed by atoms with Gasteiger partial charge in [0.15, 0.2) is 5.78 Å². The van der Waals surface area contributed by atoms with Gasteiger partial charge < -0.3 is 30.6 Å². The average molecular weight is 612 g/mol. The minimum Gasteiger partial charge on any atom is -0.497 e. The number of imidazole rings is 1. The molecule has 0 saturated carbocycles. The number of nitrogens with zero attached hydrogens (tertiary/aromatic N) is 3. The molecule has 1 saturated heterocycles. The van der Waals surface area contributed by atoms with Crippen molar-refractivity contribution in [2.45, 2.75) is 38.1 Å². The van der Waals surface area contributed by atoms with E-state index in [9.17, 15) is 19.2 Å². The lowest BCUT2D eigenvalue weighted by molar-refractivity contribution is -0.132. The zero-order valence-corrected chi connectivity index (χ0v) is 23.5. The lowest BCUT2D eigenvalue weighted by atomic mass is 10.0. The number of halogens is 1. The molecule has 12 nitrogen and oxygen atoms in total. The summed E-state index contributed by atoms with van der Waals surface area (Å²) in [5.74, 6) is 0.671. The molecule has 3 heterocycles. The minimum absolute atomic E-state index is 0.0364. The van der Waals surface area contributed by atoms with Gasteiger partial charge in [-0.2, -0.15) is 0 Å². The molecule has 5 N–H and O–H groups in total. The van der Waals surface area contributed by atoms with Crippen molar-refractivity contribution in [3.63, 3.8) is 0 Å². The lowest BCUT2D eigenvalue weighted by Crippen LogP contribution is -2.50. The predicted octanol–water partition coefficient (Wildman–Crippen LogP) is 3.87. The number of primary amides is 1. The van der Waals surface area contributed by atoms with Crippen LogP contribution in [0, 0.1) is 0 Å². The van der Waals surface area contributed by atoms with Crippen LogP contribution in [-0.4, -0.2) is 76.3 Å². The maximum absolute atomic E-state index is 12.9. The number of methoxy groups -OCH3 is 1. The van der Waals surface area contributed by atoms with Crippen molar-refractivity contribution >= 4 is 62.4 Å². The van der Waals surface area contributed by atoms with E-state index in [1.165, 1.54) is 0 Å². The van der Waals surface area contributed by atoms with Crippen LogP contribution in [0.15, 0.2) is 34.8 Å². The average Bonchev–Trinajstić information content (AvgIpc) is 3.26. The first-order valence-electron chi connectivity index (χ1n) is 13.0. The summed E-state index contributed by atoms with van der Waals surface area (Å²) in [6, 6.07) is 8.09. The Hall–Kier alpha value is -4.13. The normalized spacial score (nSPS) is 15.8. The molecule has 5 amide bonds. The molecule has 0 aliphatic carbocycles. The topological polar surface area (TPSA) is 163 Å². The number of nitrogens with two attached hydrogens (primary N) is 1. The summed E-state index contributed by atoms with van der Waals surface area (Å²) in [5.41, 5.74) is 8.49. The standard InChI is InChI=1S/C27H30BrN7O5/c1-40-18-2-3-20-15(12-18)6-11-35(27(39)31-20)17-7-9-34(10-8-17)23(37)5-4-22(36)16-13-19(28)24-21(14-16)30-26(32-24)33-25(29)38/h2-3,12-14,17H,4-11H2,1H3,(H,31,39)(H4,29,30,32,33,38). The summed E-state index contributed by atoms with van der Waals surface area (Å²) in [6.07, 6.45) is 2.23. The number of urea groups is 2. The number of H-pyrrole nitrogens is 1. The molecule has 2 aliphatic rings. The van der Waals surface area contributed by atoms with Gasteiger partial charge in [-0.15, -0.1) is 0 Å². The van der Waals surface area contributed by atoms with E-state index in [1.54, 1.807) is 24.1 Å². The van der Waals surface area contributed by atoms with Crippen LogP contribution in [0.2, 0.25) is 0 Å². The SMILES string of the molecule is COc1ccc2c(c1)CCN(C1CCN(C(=O)CCC(=O)c3cc(Br)c4nc(NC(N)=O)[nH]c4c3)CC1)C(=O)N2. The van der Waals surface area contributed by atoms with E-state index in [4.69, 9.17) is 10.5 Å². The van der Waals surface area contributed by atoms with Gasteiger partial charge in [0.25, 0.3) is 0 Å². The Labute approximate surface area is 238 Å². The van der Waals surface area contributed by atoms with E-state index in [0.717, 1.165) is 23.4 Å². The second-order valence-corrected chi connectivity index (χ2v) is 10.7. The Morgan fingerprint density at radius 2 is 1.93 bits per heavy atom. The molecule has 0 unspecified atom stereocenters. The number of benzene rings is 2. The number of hydrogen-bond donors (Lipinski definition) is 4. The summed E-state index contributed by atoms with van der Waals surface area (Å²) >= 11 is 3.41. The van der Waals surface area contributed by atoms with Gasteiger partial charge in [0, 0.05) is 54.2 Å². The zero-order chi connectivity index (χ0) is 28.4. The summed E-state index contributed by atoms with van der Waals surface area (Å²) < 4.78 is 5.89. The number of rotatable bonds is 7. The van der Waals surface area contributed by atoms with Crippen molar-refractivity contribution in [3.05, 3.63) is 45.9 Å². The van der Waals surface area contributed by atoms with Crippen LogP contribution in [0.4, 0.5) is 21.2 Å². The number of fused-ring (bicyclic) bond motifs is 2. The van der Waals surface area contributed by atoms with Crippen LogP contribution in [-0.2, 0) is 11.2 Å². The Kier molecular flexibility index (Phi) is 7.92. The molecule has 13 heteroatoms. The fourth-order valence-corrected chi connectivity index (χ4v) is 5.81. The number of aromatic amines is 1. The van der Waals surface area contributed by atoms with Gasteiger partial charge in [-0.05, 0) is 71.1 Å². The highest BCUT2D eigenvalue weighted by Gasteiger charge is 2.31. The largest absolute Gasteiger partial charge is 0.497 e. The van der Waals surface area contributed by atoms with Crippen LogP contribution in [0.1, 0.15) is 41.6 Å². The van der Waals surface area contributed by atoms with E-state index in [1.807, 2.05) is 23.1 Å². The number of piperidine rings is 1. The monoisotopic (exact) mass is 611 g/mol. The second-order valence-electron chi connectivity index (χ2n) is 9.86. The smallest absolute Gasteiger partial charge is 0.322 e. The van der Waals surface area contributed by atoms with Crippen molar-refractivity contribution in [2.75, 3.05) is 37.4 Å². The molecule has 0 atom stereocenters. The number of Topliss-reactive ketones (excluding diaryl/α,β-unsaturated/α-hetero) is 1. The van der Waals surface area contributed by atoms with Crippen molar-refractivity contribution < 1.29 is 23.9 Å². The molecule has 2 aromatic carbocycles. The first-order valence-corrected chi connectivity index (χ1v) is 13.8. The first-order chi connectivity index (χ1) is 19.2. The predicted molar refractivity (Wildman–Crippen MR) is 153 cm³/mol. The third-order valence-electron chi connectivity index (χ3n) is 7.36. The Bertz CT molecular complexity index is 1480. The summed E-state index contributed by atoms with van der Waals surface area (Å²) in [4.78, 5) is 60.6. The number of aromatic nitrogens is 2. The molecule has 40 heavy (non-hydrogen) atoms. The highest BCUT2D eigenvalue weighted by Crippen LogP contribution is 2.29. The lowest BCUT2D eigenvalue weighted by Gasteiger charge is -2.38. The van der Waals surface area contributed by atoms with Gasteiger partial charge >= 0.3 is 12.1 Å². The quantitative estimate of drug-likeness (QED) is 0.296. The molecular formula is C27H30BrN7O5. The van der Waals surface area contributed by atoms with Crippen LogP contribution < -0.4 is 21.1 Å². The van der Waals surface area contributed by atoms with Crippen LogP contribution in [0.5, 0.6) is 5.75 Å². The summed E-state index contributed by atoms with van der Waals surface area (Å²) in [6.45, 7) is 1.66. The van der Waals surface area contributed by atoms with Gasteiger partial charge in [-0.25, -0.2) is 14.6 Å². The number of likely N-dealkylation sites (tertiary alicyclic amines) is 1. The van der Waals surface area contributed by atoms with Gasteiger partial charge in [0.2, 0.25) is 11.9 Å². The molecule has 0 bridgehead atoms. The van der Waals surface area contributed by atoms with Crippen LogP contribution >= 0.6 is 15.9 Å². The van der Waals surface area contributed by atoms with Gasteiger partial charge in [-0.3, -0.25) is 14.9 Å². The van der Waals surface area contributed by atoms with Gasteiger partial charge in [-0.1, -0.05) is 0 Å². The van der Waals surface area contributed by atoms with Crippen LogP contribution in [0.3, 0.4) is 0 Å². The molecule has 5 rings (SSSR count). The fraction of sp³-hybridized carbons (Fsp3) is 0.370. The third kappa shape index (κ3) is 5.88. The molecule has 3 aromatic rings. The Balaban J connectivity index is 1.13. The minimum atomic E-state index is -0.754. The number of carbonyl (C=O) groups excluding carboxylic acids is 4. The maximum atomic E-state index is 12.9. The van der Waals surface area contributed by atoms with E-state index in [0.29, 0.717) is 53.5 Å². The summed E-state index contributed by atoms with van der Waals surface area (Å²) in [5, 5.41) is 5.38.